The summed E-state index contributed by atoms with van der Waals surface area (Å²) in [6, 6.07) is 6.59. The molecule has 1 aromatic rings. The van der Waals surface area contributed by atoms with Crippen molar-refractivity contribution in [3.63, 3.8) is 0 Å². The van der Waals surface area contributed by atoms with E-state index in [1.54, 1.807) is 12.1 Å². The molecule has 3 heterocycles. The summed E-state index contributed by atoms with van der Waals surface area (Å²) in [4.78, 5) is 14.8. The molecule has 1 aromatic carbocycles. The number of ether oxygens (including phenoxy) is 1. The Morgan fingerprint density at radius 2 is 1.71 bits per heavy atom. The van der Waals surface area contributed by atoms with E-state index in [4.69, 9.17) is 4.74 Å². The van der Waals surface area contributed by atoms with Crippen molar-refractivity contribution in [2.75, 3.05) is 13.1 Å². The number of fused-ring (bicyclic) bond motifs is 5. The summed E-state index contributed by atoms with van der Waals surface area (Å²) in [7, 11) is 0. The van der Waals surface area contributed by atoms with Gasteiger partial charge in [0.15, 0.2) is 0 Å². The number of carbonyl (C=O) groups is 1. The molecule has 1 N–H and O–H groups in total. The normalized spacial score (nSPS) is 35.1. The number of hydrogen-bond acceptors (Lipinski definition) is 2. The molecule has 0 aromatic heterocycles. The second-order valence-corrected chi connectivity index (χ2v) is 7.84. The molecule has 3 aliphatic heterocycles. The van der Waals surface area contributed by atoms with Gasteiger partial charge < -0.3 is 15.0 Å². The highest BCUT2D eigenvalue weighted by Gasteiger charge is 2.54. The van der Waals surface area contributed by atoms with Crippen molar-refractivity contribution in [2.24, 2.45) is 17.8 Å². The average Bonchev–Trinajstić information content (AvgIpc) is 3.03. The number of halogens is 1. The van der Waals surface area contributed by atoms with Crippen LogP contribution in [0.2, 0.25) is 0 Å². The first-order valence-electron chi connectivity index (χ1n) is 9.15. The van der Waals surface area contributed by atoms with E-state index in [2.05, 4.69) is 5.32 Å². The summed E-state index contributed by atoms with van der Waals surface area (Å²) < 4.78 is 19.2. The monoisotopic (exact) mass is 330 g/mol. The number of carbonyl (C=O) groups excluding carboxylic acids is 1. The molecular formula is C19H23FN2O2. The van der Waals surface area contributed by atoms with E-state index in [0.717, 1.165) is 44.3 Å². The molecule has 4 aliphatic rings. The molecule has 2 amide bonds. The average molecular weight is 330 g/mol. The minimum Gasteiger partial charge on any atom is -0.374 e. The predicted molar refractivity (Wildman–Crippen MR) is 86.8 cm³/mol. The second-order valence-electron chi connectivity index (χ2n) is 7.84. The van der Waals surface area contributed by atoms with E-state index in [0.29, 0.717) is 30.0 Å². The third kappa shape index (κ3) is 2.41. The first-order chi connectivity index (χ1) is 11.7. The molecule has 4 fully saturated rings. The number of nitrogens with zero attached hydrogens (tertiary/aromatic N) is 1. The van der Waals surface area contributed by atoms with Crippen LogP contribution in [-0.4, -0.2) is 36.2 Å². The minimum absolute atomic E-state index is 0.00603. The van der Waals surface area contributed by atoms with Gasteiger partial charge >= 0.3 is 6.03 Å². The topological polar surface area (TPSA) is 41.6 Å². The van der Waals surface area contributed by atoms with Crippen molar-refractivity contribution in [1.82, 2.24) is 10.2 Å². The zero-order valence-corrected chi connectivity index (χ0v) is 13.7. The molecule has 5 atom stereocenters. The van der Waals surface area contributed by atoms with E-state index in [1.165, 1.54) is 12.1 Å². The van der Waals surface area contributed by atoms with Crippen LogP contribution in [0.25, 0.3) is 0 Å². The maximum absolute atomic E-state index is 13.2. The standard InChI is InChI=1S/C19H23FN2O2/c20-13-5-3-12(4-6-13)18(11-1-2-11)21-19(23)22-9-14-15(10-22)17-8-7-16(14)24-17/h3-6,11,14-18H,1-2,7-10H2,(H,21,23)/t14-,15-,16-,17-,18+/m1/s1. The first-order valence-corrected chi connectivity index (χ1v) is 9.15. The van der Waals surface area contributed by atoms with E-state index >= 15 is 0 Å². The maximum Gasteiger partial charge on any atom is 0.317 e. The Morgan fingerprint density at radius 3 is 2.29 bits per heavy atom. The van der Waals surface area contributed by atoms with Crippen LogP contribution in [0.4, 0.5) is 9.18 Å². The minimum atomic E-state index is -0.234. The van der Waals surface area contributed by atoms with Gasteiger partial charge in [0.2, 0.25) is 0 Å². The molecule has 5 heteroatoms. The van der Waals surface area contributed by atoms with E-state index < -0.39 is 0 Å². The summed E-state index contributed by atoms with van der Waals surface area (Å²) in [5, 5.41) is 3.22. The van der Waals surface area contributed by atoms with Crippen LogP contribution in [-0.2, 0) is 4.74 Å². The van der Waals surface area contributed by atoms with Crippen molar-refractivity contribution in [2.45, 2.75) is 43.9 Å². The SMILES string of the molecule is O=C(N[C@H](c1ccc(F)cc1)C1CC1)N1C[C@@H]2[C@@H](C1)[C@H]1CC[C@H]2O1. The van der Waals surface area contributed by atoms with E-state index in [1.807, 2.05) is 4.90 Å². The van der Waals surface area contributed by atoms with E-state index in [-0.39, 0.29) is 17.9 Å². The van der Waals surface area contributed by atoms with Crippen molar-refractivity contribution >= 4 is 6.03 Å². The lowest BCUT2D eigenvalue weighted by molar-refractivity contribution is 0.0736. The summed E-state index contributed by atoms with van der Waals surface area (Å²) >= 11 is 0. The molecular weight excluding hydrogens is 307 g/mol. The van der Waals surface area contributed by atoms with Crippen molar-refractivity contribution in [3.05, 3.63) is 35.6 Å². The molecule has 0 spiro atoms. The van der Waals surface area contributed by atoms with Crippen LogP contribution >= 0.6 is 0 Å². The van der Waals surface area contributed by atoms with Crippen molar-refractivity contribution in [1.29, 1.82) is 0 Å². The second kappa shape index (κ2) is 5.45. The molecule has 0 unspecified atom stereocenters. The molecule has 1 saturated carbocycles. The fraction of sp³-hybridized carbons (Fsp3) is 0.632. The smallest absolute Gasteiger partial charge is 0.317 e. The maximum atomic E-state index is 13.2. The lowest BCUT2D eigenvalue weighted by Crippen LogP contribution is -2.42. The van der Waals surface area contributed by atoms with E-state index in [9.17, 15) is 9.18 Å². The van der Waals surface area contributed by atoms with Gasteiger partial charge in [0, 0.05) is 24.9 Å². The van der Waals surface area contributed by atoms with Crippen LogP contribution in [0.15, 0.2) is 24.3 Å². The highest BCUT2D eigenvalue weighted by molar-refractivity contribution is 5.75. The Balaban J connectivity index is 1.28. The molecule has 128 valence electrons. The first kappa shape index (κ1) is 14.7. The quantitative estimate of drug-likeness (QED) is 0.925. The van der Waals surface area contributed by atoms with Gasteiger partial charge in [-0.2, -0.15) is 0 Å². The fourth-order valence-corrected chi connectivity index (χ4v) is 4.92. The summed E-state index contributed by atoms with van der Waals surface area (Å²) in [6.45, 7) is 1.64. The highest BCUT2D eigenvalue weighted by Crippen LogP contribution is 2.47. The molecule has 5 rings (SSSR count). The Kier molecular flexibility index (Phi) is 3.34. The van der Waals surface area contributed by atoms with Gasteiger partial charge in [-0.05, 0) is 49.3 Å². The fourth-order valence-electron chi connectivity index (χ4n) is 4.92. The van der Waals surface area contributed by atoms with Gasteiger partial charge in [-0.1, -0.05) is 12.1 Å². The third-order valence-corrected chi connectivity index (χ3v) is 6.34. The highest BCUT2D eigenvalue weighted by atomic mass is 19.1. The summed E-state index contributed by atoms with van der Waals surface area (Å²) in [5.41, 5.74) is 1.01. The van der Waals surface area contributed by atoms with Gasteiger partial charge in [0.05, 0.1) is 18.2 Å². The van der Waals surface area contributed by atoms with Crippen molar-refractivity contribution < 1.29 is 13.9 Å². The number of nitrogens with one attached hydrogen (secondary N) is 1. The number of hydrogen-bond donors (Lipinski definition) is 1. The van der Waals surface area contributed by atoms with Gasteiger partial charge in [-0.15, -0.1) is 0 Å². The third-order valence-electron chi connectivity index (χ3n) is 6.34. The summed E-state index contributed by atoms with van der Waals surface area (Å²) in [5.74, 6) is 1.31. The van der Waals surface area contributed by atoms with Gasteiger partial charge in [-0.3, -0.25) is 0 Å². The Bertz CT molecular complexity index is 627. The zero-order chi connectivity index (χ0) is 16.3. The Labute approximate surface area is 141 Å². The molecule has 2 bridgehead atoms. The molecule has 4 nitrogen and oxygen atoms in total. The Hall–Kier alpha value is -1.62. The van der Waals surface area contributed by atoms with Crippen LogP contribution in [0, 0.1) is 23.6 Å². The molecule has 0 radical (unpaired) electrons. The van der Waals surface area contributed by atoms with Gasteiger partial charge in [-0.25, -0.2) is 9.18 Å². The Morgan fingerprint density at radius 1 is 1.08 bits per heavy atom. The summed E-state index contributed by atoms with van der Waals surface area (Å²) in [6.07, 6.45) is 5.31. The number of likely N-dealkylation sites (tertiary alicyclic amines) is 1. The predicted octanol–water partition coefficient (Wildman–Crippen LogP) is 3.10. The van der Waals surface area contributed by atoms with Gasteiger partial charge in [0.1, 0.15) is 5.82 Å². The largest absolute Gasteiger partial charge is 0.374 e. The van der Waals surface area contributed by atoms with Crippen LogP contribution in [0.5, 0.6) is 0 Å². The van der Waals surface area contributed by atoms with Crippen LogP contribution in [0.3, 0.4) is 0 Å². The van der Waals surface area contributed by atoms with Crippen LogP contribution in [0.1, 0.15) is 37.3 Å². The van der Waals surface area contributed by atoms with Crippen LogP contribution < -0.4 is 5.32 Å². The lowest BCUT2D eigenvalue weighted by atomic mass is 9.82. The number of urea groups is 1. The number of benzene rings is 1. The molecule has 1 aliphatic carbocycles. The molecule has 24 heavy (non-hydrogen) atoms. The van der Waals surface area contributed by atoms with Crippen molar-refractivity contribution in [3.8, 4) is 0 Å². The number of rotatable bonds is 3. The molecule has 3 saturated heterocycles. The van der Waals surface area contributed by atoms with Gasteiger partial charge in [0.25, 0.3) is 0 Å². The number of amides is 2. The lowest BCUT2D eigenvalue weighted by Gasteiger charge is -2.25. The zero-order valence-electron chi connectivity index (χ0n) is 13.7.